The first kappa shape index (κ1) is 16.1. The zero-order valence-corrected chi connectivity index (χ0v) is 13.6. The number of rotatable bonds is 4. The number of carbonyl (C=O) groups is 2. The van der Waals surface area contributed by atoms with E-state index in [4.69, 9.17) is 11.6 Å². The summed E-state index contributed by atoms with van der Waals surface area (Å²) in [4.78, 5) is 23.8. The molecule has 0 unspecified atom stereocenters. The molecule has 0 radical (unpaired) electrons. The van der Waals surface area contributed by atoms with Gasteiger partial charge in [0.25, 0.3) is 0 Å². The molecule has 0 atom stereocenters. The molecule has 1 saturated carbocycles. The first-order chi connectivity index (χ1) is 11.6. The third kappa shape index (κ3) is 4.63. The Balaban J connectivity index is 1.58. The molecule has 0 saturated heterocycles. The van der Waals surface area contributed by atoms with Gasteiger partial charge in [-0.3, -0.25) is 0 Å². The maximum absolute atomic E-state index is 12.0. The van der Waals surface area contributed by atoms with Crippen molar-refractivity contribution in [2.75, 3.05) is 16.0 Å². The van der Waals surface area contributed by atoms with Crippen LogP contribution < -0.4 is 21.3 Å². The SMILES string of the molecule is O=C(Nc1cccc(NC(=O)NC2CC2)c1)Nc1ccccc1Cl. The molecule has 24 heavy (non-hydrogen) atoms. The van der Waals surface area contributed by atoms with Crippen molar-refractivity contribution in [1.82, 2.24) is 5.32 Å². The van der Waals surface area contributed by atoms with E-state index >= 15 is 0 Å². The highest BCUT2D eigenvalue weighted by Crippen LogP contribution is 2.22. The van der Waals surface area contributed by atoms with E-state index in [-0.39, 0.29) is 12.1 Å². The van der Waals surface area contributed by atoms with Gasteiger partial charge in [0.2, 0.25) is 0 Å². The molecule has 1 fully saturated rings. The molecule has 0 aliphatic heterocycles. The number of benzene rings is 2. The van der Waals surface area contributed by atoms with Gasteiger partial charge < -0.3 is 21.3 Å². The molecule has 0 aromatic heterocycles. The van der Waals surface area contributed by atoms with Gasteiger partial charge in [-0.2, -0.15) is 0 Å². The highest BCUT2D eigenvalue weighted by Gasteiger charge is 2.23. The Labute approximate surface area is 144 Å². The molecular weight excluding hydrogens is 328 g/mol. The Kier molecular flexibility index (Phi) is 4.86. The number of amides is 4. The van der Waals surface area contributed by atoms with Crippen LogP contribution in [0.4, 0.5) is 26.7 Å². The van der Waals surface area contributed by atoms with E-state index in [1.165, 1.54) is 0 Å². The molecule has 4 N–H and O–H groups in total. The Morgan fingerprint density at radius 1 is 0.875 bits per heavy atom. The lowest BCUT2D eigenvalue weighted by molar-refractivity contribution is 0.251. The number of halogens is 1. The quantitative estimate of drug-likeness (QED) is 0.668. The molecule has 2 aromatic rings. The van der Waals surface area contributed by atoms with E-state index in [1.54, 1.807) is 48.5 Å². The van der Waals surface area contributed by atoms with Gasteiger partial charge in [0.05, 0.1) is 10.7 Å². The lowest BCUT2D eigenvalue weighted by Crippen LogP contribution is -2.30. The van der Waals surface area contributed by atoms with E-state index in [9.17, 15) is 9.59 Å². The lowest BCUT2D eigenvalue weighted by Gasteiger charge is -2.11. The number of nitrogens with one attached hydrogen (secondary N) is 4. The molecule has 0 bridgehead atoms. The molecule has 4 amide bonds. The van der Waals surface area contributed by atoms with E-state index in [0.29, 0.717) is 22.1 Å². The standard InChI is InChI=1S/C17H17ClN4O2/c18-14-6-1-2-7-15(14)22-17(24)21-13-5-3-4-12(10-13)20-16(23)19-11-8-9-11/h1-7,10-11H,8-9H2,(H2,19,20,23)(H2,21,22,24). The molecule has 1 aliphatic rings. The monoisotopic (exact) mass is 344 g/mol. The molecule has 3 rings (SSSR count). The number of para-hydroxylation sites is 1. The second-order valence-corrected chi connectivity index (χ2v) is 5.92. The Morgan fingerprint density at radius 3 is 2.21 bits per heavy atom. The molecule has 0 heterocycles. The van der Waals surface area contributed by atoms with Crippen molar-refractivity contribution in [3.63, 3.8) is 0 Å². The van der Waals surface area contributed by atoms with E-state index < -0.39 is 6.03 Å². The predicted octanol–water partition coefficient (Wildman–Crippen LogP) is 4.27. The molecule has 0 spiro atoms. The summed E-state index contributed by atoms with van der Waals surface area (Å²) in [6.07, 6.45) is 2.05. The molecule has 6 nitrogen and oxygen atoms in total. The zero-order chi connectivity index (χ0) is 16.9. The third-order valence-corrected chi connectivity index (χ3v) is 3.74. The van der Waals surface area contributed by atoms with Gasteiger partial charge in [0.1, 0.15) is 0 Å². The fraction of sp³-hybridized carbons (Fsp3) is 0.176. The maximum atomic E-state index is 12.0. The summed E-state index contributed by atoms with van der Waals surface area (Å²) in [5.41, 5.74) is 1.68. The summed E-state index contributed by atoms with van der Waals surface area (Å²) in [7, 11) is 0. The number of urea groups is 2. The number of hydrogen-bond donors (Lipinski definition) is 4. The summed E-state index contributed by atoms with van der Waals surface area (Å²) in [6, 6.07) is 13.5. The first-order valence-corrected chi connectivity index (χ1v) is 7.98. The average Bonchev–Trinajstić information content (AvgIpc) is 3.33. The number of hydrogen-bond acceptors (Lipinski definition) is 2. The Morgan fingerprint density at radius 2 is 1.54 bits per heavy atom. The van der Waals surface area contributed by atoms with Gasteiger partial charge in [0, 0.05) is 17.4 Å². The predicted molar refractivity (Wildman–Crippen MR) is 95.7 cm³/mol. The summed E-state index contributed by atoms with van der Waals surface area (Å²) >= 11 is 6.00. The average molecular weight is 345 g/mol. The topological polar surface area (TPSA) is 82.3 Å². The minimum absolute atomic E-state index is 0.241. The van der Waals surface area contributed by atoms with Gasteiger partial charge in [0.15, 0.2) is 0 Å². The van der Waals surface area contributed by atoms with Crippen LogP contribution in [0.25, 0.3) is 0 Å². The minimum atomic E-state index is -0.414. The first-order valence-electron chi connectivity index (χ1n) is 7.60. The van der Waals surface area contributed by atoms with Crippen molar-refractivity contribution in [2.45, 2.75) is 18.9 Å². The van der Waals surface area contributed by atoms with Gasteiger partial charge in [-0.15, -0.1) is 0 Å². The third-order valence-electron chi connectivity index (χ3n) is 3.41. The minimum Gasteiger partial charge on any atom is -0.335 e. The van der Waals surface area contributed by atoms with Crippen LogP contribution in [0.2, 0.25) is 5.02 Å². The zero-order valence-electron chi connectivity index (χ0n) is 12.8. The largest absolute Gasteiger partial charge is 0.335 e. The van der Waals surface area contributed by atoms with Gasteiger partial charge in [-0.05, 0) is 43.2 Å². The highest BCUT2D eigenvalue weighted by atomic mass is 35.5. The molecule has 2 aromatic carbocycles. The van der Waals surface area contributed by atoms with Gasteiger partial charge >= 0.3 is 12.1 Å². The Bertz CT molecular complexity index is 762. The summed E-state index contributed by atoms with van der Waals surface area (Å²) < 4.78 is 0. The fourth-order valence-electron chi connectivity index (χ4n) is 2.10. The van der Waals surface area contributed by atoms with Crippen LogP contribution in [-0.2, 0) is 0 Å². The second-order valence-electron chi connectivity index (χ2n) is 5.51. The van der Waals surface area contributed by atoms with Crippen LogP contribution in [0.5, 0.6) is 0 Å². The molecule has 1 aliphatic carbocycles. The van der Waals surface area contributed by atoms with Crippen molar-refractivity contribution in [1.29, 1.82) is 0 Å². The Hall–Kier alpha value is -2.73. The number of carbonyl (C=O) groups excluding carboxylic acids is 2. The maximum Gasteiger partial charge on any atom is 0.323 e. The second kappa shape index (κ2) is 7.23. The molecular formula is C17H17ClN4O2. The van der Waals surface area contributed by atoms with Crippen LogP contribution >= 0.6 is 11.6 Å². The van der Waals surface area contributed by atoms with Crippen molar-refractivity contribution in [3.8, 4) is 0 Å². The van der Waals surface area contributed by atoms with E-state index in [1.807, 2.05) is 0 Å². The van der Waals surface area contributed by atoms with Crippen LogP contribution in [-0.4, -0.2) is 18.1 Å². The van der Waals surface area contributed by atoms with Crippen LogP contribution in [0.3, 0.4) is 0 Å². The highest BCUT2D eigenvalue weighted by molar-refractivity contribution is 6.33. The van der Waals surface area contributed by atoms with Gasteiger partial charge in [-0.25, -0.2) is 9.59 Å². The van der Waals surface area contributed by atoms with E-state index in [0.717, 1.165) is 12.8 Å². The fourth-order valence-corrected chi connectivity index (χ4v) is 2.29. The van der Waals surface area contributed by atoms with Crippen LogP contribution in [0.1, 0.15) is 12.8 Å². The summed E-state index contributed by atoms with van der Waals surface area (Å²) in [5, 5.41) is 11.4. The van der Waals surface area contributed by atoms with Crippen LogP contribution in [0.15, 0.2) is 48.5 Å². The van der Waals surface area contributed by atoms with E-state index in [2.05, 4.69) is 21.3 Å². The van der Waals surface area contributed by atoms with Gasteiger partial charge in [-0.1, -0.05) is 29.8 Å². The van der Waals surface area contributed by atoms with Crippen molar-refractivity contribution in [3.05, 3.63) is 53.6 Å². The van der Waals surface area contributed by atoms with Crippen molar-refractivity contribution < 1.29 is 9.59 Å². The molecule has 7 heteroatoms. The lowest BCUT2D eigenvalue weighted by atomic mass is 10.3. The van der Waals surface area contributed by atoms with Crippen molar-refractivity contribution >= 4 is 40.7 Å². The normalized spacial score (nSPS) is 13.0. The number of anilines is 3. The molecule has 124 valence electrons. The van der Waals surface area contributed by atoms with Crippen LogP contribution in [0, 0.1) is 0 Å². The van der Waals surface area contributed by atoms with Crippen molar-refractivity contribution in [2.24, 2.45) is 0 Å². The smallest absolute Gasteiger partial charge is 0.323 e. The summed E-state index contributed by atoms with van der Waals surface area (Å²) in [6.45, 7) is 0. The summed E-state index contributed by atoms with van der Waals surface area (Å²) in [5.74, 6) is 0.